The summed E-state index contributed by atoms with van der Waals surface area (Å²) in [6.07, 6.45) is 0.712. The molecule has 2 unspecified atom stereocenters. The van der Waals surface area contributed by atoms with Crippen LogP contribution in [0.3, 0.4) is 0 Å². The quantitative estimate of drug-likeness (QED) is 0.295. The molecule has 8 heteroatoms. The number of halogens is 1. The van der Waals surface area contributed by atoms with Crippen LogP contribution >= 0.6 is 11.6 Å². The Hall–Kier alpha value is -3.23. The van der Waals surface area contributed by atoms with E-state index < -0.39 is 6.04 Å². The van der Waals surface area contributed by atoms with Crippen LogP contribution < -0.4 is 10.6 Å². The van der Waals surface area contributed by atoms with E-state index in [1.54, 1.807) is 0 Å². The van der Waals surface area contributed by atoms with Crippen molar-refractivity contribution < 1.29 is 9.59 Å². The second kappa shape index (κ2) is 15.2. The Kier molecular flexibility index (Phi) is 11.1. The van der Waals surface area contributed by atoms with Crippen LogP contribution in [0.1, 0.15) is 60.2 Å². The van der Waals surface area contributed by atoms with E-state index in [4.69, 9.17) is 11.6 Å². The normalized spacial score (nSPS) is 18.2. The number of likely N-dealkylation sites (N-methyl/N-ethyl adjacent to an activating group) is 1. The maximum absolute atomic E-state index is 14.0. The summed E-state index contributed by atoms with van der Waals surface area (Å²) in [6, 6.07) is 24.1. The van der Waals surface area contributed by atoms with Gasteiger partial charge < -0.3 is 20.4 Å². The van der Waals surface area contributed by atoms with Gasteiger partial charge in [0.05, 0.1) is 0 Å². The predicted molar refractivity (Wildman–Crippen MR) is 178 cm³/mol. The van der Waals surface area contributed by atoms with Crippen LogP contribution in [0.5, 0.6) is 0 Å². The summed E-state index contributed by atoms with van der Waals surface area (Å²) in [7, 11) is 0. The number of amides is 2. The van der Waals surface area contributed by atoms with E-state index in [-0.39, 0.29) is 23.9 Å². The number of carbonyl (C=O) groups is 2. The van der Waals surface area contributed by atoms with Gasteiger partial charge in [0.25, 0.3) is 0 Å². The number of nitrogens with one attached hydrogen (secondary N) is 2. The molecule has 1 saturated heterocycles. The van der Waals surface area contributed by atoms with Gasteiger partial charge in [-0.05, 0) is 54.4 Å². The molecular formula is C36H46ClN5O2. The Morgan fingerprint density at radius 3 is 2.41 bits per heavy atom. The van der Waals surface area contributed by atoms with Crippen LogP contribution in [0.4, 0.5) is 0 Å². The van der Waals surface area contributed by atoms with Crippen molar-refractivity contribution in [2.45, 2.75) is 58.3 Å². The molecule has 2 amide bonds. The maximum atomic E-state index is 14.0. The van der Waals surface area contributed by atoms with Gasteiger partial charge in [-0.3, -0.25) is 14.5 Å². The Morgan fingerprint density at radius 2 is 1.70 bits per heavy atom. The third-order valence-electron chi connectivity index (χ3n) is 9.16. The smallest absolute Gasteiger partial charge is 0.245 e. The number of benzene rings is 3. The summed E-state index contributed by atoms with van der Waals surface area (Å²) in [5.74, 6) is -0.146. The van der Waals surface area contributed by atoms with E-state index in [2.05, 4.69) is 77.6 Å². The van der Waals surface area contributed by atoms with Crippen LogP contribution in [0.25, 0.3) is 0 Å². The van der Waals surface area contributed by atoms with Crippen molar-refractivity contribution in [3.05, 3.63) is 106 Å². The Bertz CT molecular complexity index is 1400. The number of fused-ring (bicyclic) bond motifs is 1. The third-order valence-corrected chi connectivity index (χ3v) is 9.42. The van der Waals surface area contributed by atoms with Gasteiger partial charge in [-0.15, -0.1) is 0 Å². The Labute approximate surface area is 267 Å². The second-order valence-electron chi connectivity index (χ2n) is 12.1. The lowest BCUT2D eigenvalue weighted by Crippen LogP contribution is -2.56. The van der Waals surface area contributed by atoms with Crippen LogP contribution in [0.2, 0.25) is 5.02 Å². The molecule has 2 N–H and O–H groups in total. The number of aryl methyl sites for hydroxylation is 1. The monoisotopic (exact) mass is 615 g/mol. The number of rotatable bonds is 12. The fourth-order valence-electron chi connectivity index (χ4n) is 6.57. The summed E-state index contributed by atoms with van der Waals surface area (Å²) in [5.41, 5.74) is 5.94. The van der Waals surface area contributed by atoms with Gasteiger partial charge in [-0.1, -0.05) is 91.7 Å². The van der Waals surface area contributed by atoms with Gasteiger partial charge in [0.1, 0.15) is 6.04 Å². The highest BCUT2D eigenvalue weighted by Crippen LogP contribution is 2.28. The molecule has 0 saturated carbocycles. The average Bonchev–Trinajstić information content (AvgIpc) is 3.44. The molecule has 5 rings (SSSR count). The molecule has 1 fully saturated rings. The highest BCUT2D eigenvalue weighted by molar-refractivity contribution is 6.30. The average molecular weight is 616 g/mol. The number of piperazine rings is 1. The second-order valence-corrected chi connectivity index (χ2v) is 12.5. The molecular weight excluding hydrogens is 570 g/mol. The molecule has 2 aliphatic rings. The van der Waals surface area contributed by atoms with Gasteiger partial charge in [0.15, 0.2) is 0 Å². The van der Waals surface area contributed by atoms with Crippen molar-refractivity contribution in [3.63, 3.8) is 0 Å². The lowest BCUT2D eigenvalue weighted by atomic mass is 10.00. The number of nitrogens with zero attached hydrogens (tertiary/aromatic N) is 3. The number of hydrogen-bond donors (Lipinski definition) is 2. The van der Waals surface area contributed by atoms with Crippen LogP contribution in [-0.2, 0) is 22.6 Å². The lowest BCUT2D eigenvalue weighted by molar-refractivity contribution is -0.138. The van der Waals surface area contributed by atoms with Crippen LogP contribution in [0, 0.1) is 6.92 Å². The van der Waals surface area contributed by atoms with E-state index in [0.29, 0.717) is 31.0 Å². The van der Waals surface area contributed by atoms with Crippen molar-refractivity contribution in [1.82, 2.24) is 25.3 Å². The van der Waals surface area contributed by atoms with E-state index in [1.165, 1.54) is 16.7 Å². The van der Waals surface area contributed by atoms with Gasteiger partial charge in [-0.25, -0.2) is 0 Å². The van der Waals surface area contributed by atoms with E-state index in [1.807, 2.05) is 41.3 Å². The number of carbonyl (C=O) groups excluding carboxylic acids is 2. The van der Waals surface area contributed by atoms with E-state index >= 15 is 0 Å². The molecule has 3 atom stereocenters. The van der Waals surface area contributed by atoms with Gasteiger partial charge in [0, 0.05) is 69.2 Å². The maximum Gasteiger partial charge on any atom is 0.245 e. The lowest BCUT2D eigenvalue weighted by Gasteiger charge is -2.42. The van der Waals surface area contributed by atoms with Crippen molar-refractivity contribution in [2.24, 2.45) is 0 Å². The zero-order valence-electron chi connectivity index (χ0n) is 26.3. The molecule has 0 bridgehead atoms. The molecule has 7 nitrogen and oxygen atoms in total. The van der Waals surface area contributed by atoms with Gasteiger partial charge in [0.2, 0.25) is 11.8 Å². The van der Waals surface area contributed by atoms with Crippen molar-refractivity contribution in [2.75, 3.05) is 45.8 Å². The Balaban J connectivity index is 1.27. The minimum Gasteiger partial charge on any atom is -0.344 e. The first-order valence-electron chi connectivity index (χ1n) is 16.0. The third kappa shape index (κ3) is 8.07. The van der Waals surface area contributed by atoms with Crippen LogP contribution in [0.15, 0.2) is 72.8 Å². The summed E-state index contributed by atoms with van der Waals surface area (Å²) in [5, 5.41) is 7.22. The summed E-state index contributed by atoms with van der Waals surface area (Å²) < 4.78 is 0. The molecule has 2 heterocycles. The van der Waals surface area contributed by atoms with Gasteiger partial charge >= 0.3 is 0 Å². The molecule has 44 heavy (non-hydrogen) atoms. The molecule has 0 aliphatic carbocycles. The summed E-state index contributed by atoms with van der Waals surface area (Å²) >= 11 is 6.14. The summed E-state index contributed by atoms with van der Waals surface area (Å²) in [6.45, 7) is 13.1. The first kappa shape index (κ1) is 32.2. The highest BCUT2D eigenvalue weighted by Gasteiger charge is 2.33. The largest absolute Gasteiger partial charge is 0.344 e. The van der Waals surface area contributed by atoms with Crippen molar-refractivity contribution in [3.8, 4) is 0 Å². The van der Waals surface area contributed by atoms with Crippen molar-refractivity contribution >= 4 is 23.4 Å². The molecule has 2 aliphatic heterocycles. The molecule has 3 aromatic carbocycles. The van der Waals surface area contributed by atoms with E-state index in [0.717, 1.165) is 50.4 Å². The molecule has 0 radical (unpaired) electrons. The fourth-order valence-corrected chi connectivity index (χ4v) is 6.69. The topological polar surface area (TPSA) is 67.9 Å². The minimum absolute atomic E-state index is 0.0245. The Morgan fingerprint density at radius 1 is 0.977 bits per heavy atom. The first-order valence-corrected chi connectivity index (χ1v) is 16.4. The predicted octanol–water partition coefficient (Wildman–Crippen LogP) is 5.14. The molecule has 0 aromatic heterocycles. The fraction of sp³-hybridized carbons (Fsp3) is 0.444. The van der Waals surface area contributed by atoms with Crippen molar-refractivity contribution in [1.29, 1.82) is 0 Å². The standard InChI is InChI=1S/C36H46ClN5O2/c1-4-40(5-2)25-34(28-11-8-9-26(3)21-28)41-17-19-42(20-18-41)36(44)33(22-27-13-15-30(37)16-14-27)39-35(43)23-32-31-12-7-6-10-29(31)24-38-32/h6-16,21,32-34,38H,4-5,17-20,22-25H2,1-3H3,(H,39,43)/t32?,33-,34?/m1/s1. The minimum atomic E-state index is -0.643. The zero-order valence-corrected chi connectivity index (χ0v) is 27.0. The van der Waals surface area contributed by atoms with E-state index in [9.17, 15) is 9.59 Å². The first-order chi connectivity index (χ1) is 21.3. The van der Waals surface area contributed by atoms with Crippen LogP contribution in [-0.4, -0.2) is 78.4 Å². The van der Waals surface area contributed by atoms with Gasteiger partial charge in [-0.2, -0.15) is 0 Å². The summed E-state index contributed by atoms with van der Waals surface area (Å²) in [4.78, 5) is 34.4. The SMILES string of the molecule is CCN(CC)CC(c1cccc(C)c1)N1CCN(C(=O)[C@@H](Cc2ccc(Cl)cc2)NC(=O)CC2NCc3ccccc32)CC1. The zero-order chi connectivity index (χ0) is 31.1. The molecule has 0 spiro atoms. The molecule has 234 valence electrons. The molecule has 3 aromatic rings. The highest BCUT2D eigenvalue weighted by atomic mass is 35.5. The number of hydrogen-bond acceptors (Lipinski definition) is 5.